The molecule has 0 aliphatic carbocycles. The van der Waals surface area contributed by atoms with Crippen molar-refractivity contribution in [1.29, 1.82) is 0 Å². The molecule has 0 unspecified atom stereocenters. The van der Waals surface area contributed by atoms with Crippen LogP contribution in [0.3, 0.4) is 0 Å². The Morgan fingerprint density at radius 1 is 1.20 bits per heavy atom. The largest absolute Gasteiger partial charge is 0.496 e. The van der Waals surface area contributed by atoms with Crippen LogP contribution in [0, 0.1) is 10.1 Å². The second kappa shape index (κ2) is 9.08. The van der Waals surface area contributed by atoms with Crippen LogP contribution in [0.4, 0.5) is 0 Å². The molecular formula is C18H19NO5S. The van der Waals surface area contributed by atoms with E-state index < -0.39 is 12.0 Å². The van der Waals surface area contributed by atoms with Gasteiger partial charge in [-0.2, -0.15) is 0 Å². The highest BCUT2D eigenvalue weighted by Gasteiger charge is 2.27. The van der Waals surface area contributed by atoms with E-state index in [1.807, 2.05) is 0 Å². The lowest BCUT2D eigenvalue weighted by molar-refractivity contribution is -0.522. The van der Waals surface area contributed by atoms with Crippen molar-refractivity contribution >= 4 is 17.7 Å². The minimum atomic E-state index is -0.948. The summed E-state index contributed by atoms with van der Waals surface area (Å²) < 4.78 is 10.3. The molecule has 2 aromatic carbocycles. The summed E-state index contributed by atoms with van der Waals surface area (Å²) in [5.74, 6) is 0.216. The van der Waals surface area contributed by atoms with E-state index in [1.54, 1.807) is 55.5 Å². The molecule has 0 amide bonds. The molecule has 132 valence electrons. The van der Waals surface area contributed by atoms with Crippen molar-refractivity contribution in [3.63, 3.8) is 0 Å². The van der Waals surface area contributed by atoms with Gasteiger partial charge >= 0.3 is 5.97 Å². The summed E-state index contributed by atoms with van der Waals surface area (Å²) in [4.78, 5) is 23.9. The topological polar surface area (TPSA) is 78.7 Å². The van der Waals surface area contributed by atoms with Gasteiger partial charge in [-0.1, -0.05) is 24.3 Å². The predicted octanol–water partition coefficient (Wildman–Crippen LogP) is 3.98. The Labute approximate surface area is 150 Å². The van der Waals surface area contributed by atoms with Crippen LogP contribution < -0.4 is 4.74 Å². The number of hydrogen-bond donors (Lipinski definition) is 0. The van der Waals surface area contributed by atoms with Crippen molar-refractivity contribution in [2.24, 2.45) is 0 Å². The number of hydrogen-bond acceptors (Lipinski definition) is 6. The van der Waals surface area contributed by atoms with Gasteiger partial charge in [0, 0.05) is 9.82 Å². The van der Waals surface area contributed by atoms with Crippen LogP contribution >= 0.6 is 11.8 Å². The van der Waals surface area contributed by atoms with Crippen LogP contribution in [0.15, 0.2) is 53.4 Å². The van der Waals surface area contributed by atoms with Gasteiger partial charge in [0.25, 0.3) is 6.04 Å². The van der Waals surface area contributed by atoms with Crippen molar-refractivity contribution in [2.45, 2.75) is 17.9 Å². The first-order valence-electron chi connectivity index (χ1n) is 7.73. The molecule has 7 heteroatoms. The van der Waals surface area contributed by atoms with E-state index in [9.17, 15) is 14.9 Å². The van der Waals surface area contributed by atoms with E-state index in [2.05, 4.69) is 0 Å². The van der Waals surface area contributed by atoms with Gasteiger partial charge in [-0.15, -0.1) is 11.8 Å². The van der Waals surface area contributed by atoms with Crippen molar-refractivity contribution in [2.75, 3.05) is 19.5 Å². The zero-order chi connectivity index (χ0) is 18.2. The Hall–Kier alpha value is -2.54. The van der Waals surface area contributed by atoms with Crippen molar-refractivity contribution in [3.05, 3.63) is 69.8 Å². The molecule has 0 radical (unpaired) electrons. The minimum Gasteiger partial charge on any atom is -0.496 e. The van der Waals surface area contributed by atoms with E-state index >= 15 is 0 Å². The molecule has 0 bridgehead atoms. The van der Waals surface area contributed by atoms with E-state index in [1.165, 1.54) is 18.9 Å². The number of thioether (sulfide) groups is 1. The molecule has 0 aliphatic rings. The fourth-order valence-electron chi connectivity index (χ4n) is 2.34. The average molecular weight is 361 g/mol. The molecule has 0 spiro atoms. The van der Waals surface area contributed by atoms with Crippen LogP contribution in [0.25, 0.3) is 0 Å². The van der Waals surface area contributed by atoms with Gasteiger partial charge < -0.3 is 9.47 Å². The number of rotatable bonds is 8. The molecule has 1 atom stereocenters. The number of para-hydroxylation sites is 1. The van der Waals surface area contributed by atoms with Gasteiger partial charge in [-0.05, 0) is 31.2 Å². The molecule has 0 saturated heterocycles. The lowest BCUT2D eigenvalue weighted by Gasteiger charge is -2.14. The number of esters is 1. The SMILES string of the molecule is CCOC(=O)c1ccccc1SC[C@H](c1ccccc1OC)[N+](=O)[O-]. The first kappa shape index (κ1) is 18.8. The van der Waals surface area contributed by atoms with E-state index in [0.29, 0.717) is 21.8 Å². The maximum absolute atomic E-state index is 12.0. The first-order chi connectivity index (χ1) is 12.1. The second-order valence-corrected chi connectivity index (χ2v) is 6.13. The Bertz CT molecular complexity index is 750. The van der Waals surface area contributed by atoms with Crippen LogP contribution in [-0.4, -0.2) is 30.4 Å². The molecule has 0 aromatic heterocycles. The summed E-state index contributed by atoms with van der Waals surface area (Å²) in [5, 5.41) is 11.6. The summed E-state index contributed by atoms with van der Waals surface area (Å²) in [7, 11) is 1.49. The van der Waals surface area contributed by atoms with Crippen LogP contribution in [-0.2, 0) is 4.74 Å². The average Bonchev–Trinajstić information content (AvgIpc) is 2.62. The summed E-state index contributed by atoms with van der Waals surface area (Å²) in [5.41, 5.74) is 0.924. The monoisotopic (exact) mass is 361 g/mol. The zero-order valence-electron chi connectivity index (χ0n) is 14.0. The number of carbonyl (C=O) groups is 1. The molecule has 2 rings (SSSR count). The van der Waals surface area contributed by atoms with Gasteiger partial charge in [0.15, 0.2) is 0 Å². The third-order valence-electron chi connectivity index (χ3n) is 3.53. The highest BCUT2D eigenvalue weighted by molar-refractivity contribution is 7.99. The third-order valence-corrected chi connectivity index (χ3v) is 4.68. The summed E-state index contributed by atoms with van der Waals surface area (Å²) in [6, 6.07) is 12.9. The van der Waals surface area contributed by atoms with Crippen molar-refractivity contribution < 1.29 is 19.2 Å². The van der Waals surface area contributed by atoms with Crippen LogP contribution in [0.2, 0.25) is 0 Å². The van der Waals surface area contributed by atoms with E-state index in [0.717, 1.165) is 0 Å². The minimum absolute atomic E-state index is 0.170. The fourth-order valence-corrected chi connectivity index (χ4v) is 3.46. The number of ether oxygens (including phenoxy) is 2. The molecule has 0 saturated carbocycles. The van der Waals surface area contributed by atoms with Crippen molar-refractivity contribution in [3.8, 4) is 5.75 Å². The third kappa shape index (κ3) is 4.73. The highest BCUT2D eigenvalue weighted by atomic mass is 32.2. The normalized spacial score (nSPS) is 11.6. The standard InChI is InChI=1S/C18H19NO5S/c1-3-24-18(20)14-9-5-7-11-17(14)25-12-15(19(21)22)13-8-4-6-10-16(13)23-2/h4-11,15H,3,12H2,1-2H3/t15-/m1/s1. The van der Waals surface area contributed by atoms with Crippen molar-refractivity contribution in [1.82, 2.24) is 0 Å². The molecule has 0 heterocycles. The quantitative estimate of drug-likeness (QED) is 0.306. The number of carbonyl (C=O) groups excluding carboxylic acids is 1. The van der Waals surface area contributed by atoms with Gasteiger partial charge in [0.1, 0.15) is 5.75 Å². The summed E-state index contributed by atoms with van der Waals surface area (Å²) in [6.07, 6.45) is 0. The van der Waals surface area contributed by atoms with E-state index in [4.69, 9.17) is 9.47 Å². The molecule has 25 heavy (non-hydrogen) atoms. The Balaban J connectivity index is 2.23. The Morgan fingerprint density at radius 3 is 2.56 bits per heavy atom. The first-order valence-corrected chi connectivity index (χ1v) is 8.72. The maximum atomic E-state index is 12.0. The lowest BCUT2D eigenvalue weighted by Crippen LogP contribution is -2.15. The molecule has 0 fully saturated rings. The number of methoxy groups -OCH3 is 1. The van der Waals surface area contributed by atoms with Gasteiger partial charge in [0.2, 0.25) is 0 Å². The molecule has 0 aliphatic heterocycles. The van der Waals surface area contributed by atoms with Crippen LogP contribution in [0.1, 0.15) is 28.9 Å². The smallest absolute Gasteiger partial charge is 0.339 e. The summed E-state index contributed by atoms with van der Waals surface area (Å²) >= 11 is 1.25. The molecule has 2 aromatic rings. The summed E-state index contributed by atoms with van der Waals surface area (Å²) in [6.45, 7) is 2.01. The number of benzene rings is 2. The Kier molecular flexibility index (Phi) is 6.82. The fraction of sp³-hybridized carbons (Fsp3) is 0.278. The zero-order valence-corrected chi connectivity index (χ0v) is 14.8. The predicted molar refractivity (Wildman–Crippen MR) is 95.9 cm³/mol. The van der Waals surface area contributed by atoms with Gasteiger partial charge in [-0.25, -0.2) is 4.79 Å². The maximum Gasteiger partial charge on any atom is 0.339 e. The number of nitrogens with zero attached hydrogens (tertiary/aromatic N) is 1. The highest BCUT2D eigenvalue weighted by Crippen LogP contribution is 2.33. The number of nitro groups is 1. The van der Waals surface area contributed by atoms with Gasteiger partial charge in [-0.3, -0.25) is 10.1 Å². The molecule has 0 N–H and O–H groups in total. The van der Waals surface area contributed by atoms with Crippen LogP contribution in [0.5, 0.6) is 5.75 Å². The van der Waals surface area contributed by atoms with E-state index in [-0.39, 0.29) is 17.3 Å². The van der Waals surface area contributed by atoms with Gasteiger partial charge in [0.05, 0.1) is 30.6 Å². The molecule has 6 nitrogen and oxygen atoms in total. The lowest BCUT2D eigenvalue weighted by atomic mass is 10.1. The Morgan fingerprint density at radius 2 is 1.88 bits per heavy atom. The second-order valence-electron chi connectivity index (χ2n) is 5.07. The molecular weight excluding hydrogens is 342 g/mol.